The summed E-state index contributed by atoms with van der Waals surface area (Å²) in [5.74, 6) is 0.787. The zero-order chi connectivity index (χ0) is 11.7. The van der Waals surface area contributed by atoms with Gasteiger partial charge in [0.15, 0.2) is 0 Å². The van der Waals surface area contributed by atoms with Crippen molar-refractivity contribution in [2.45, 2.75) is 0 Å². The van der Waals surface area contributed by atoms with Crippen LogP contribution in [0.1, 0.15) is 0 Å². The first-order valence-corrected chi connectivity index (χ1v) is 5.15. The minimum absolute atomic E-state index is 0.133. The largest absolute Gasteiger partial charge is 0.423 e. The Labute approximate surface area is 93.2 Å². The van der Waals surface area contributed by atoms with E-state index in [1.54, 1.807) is 6.07 Å². The summed E-state index contributed by atoms with van der Waals surface area (Å²) in [7, 11) is 2.07. The summed E-state index contributed by atoms with van der Waals surface area (Å²) < 4.78 is 0.569. The van der Waals surface area contributed by atoms with E-state index >= 15 is 0 Å². The number of likely N-dealkylation sites (N-methyl/N-ethyl adjacent to an activating group) is 1. The monoisotopic (exact) mass is 224 g/mol. The van der Waals surface area contributed by atoms with Crippen LogP contribution in [0.5, 0.6) is 0 Å². The number of rotatable bonds is 1. The molecule has 1 aromatic rings. The molecule has 16 heavy (non-hydrogen) atoms. The maximum absolute atomic E-state index is 9.29. The molecule has 1 saturated heterocycles. The lowest BCUT2D eigenvalue weighted by molar-refractivity contribution is 0.171. The van der Waals surface area contributed by atoms with Crippen LogP contribution in [0.3, 0.4) is 0 Å². The standard InChI is InChI=1S/C9H16N6O/c1-13-2-4-14(5-3-13)8-6-7(10)15(16)9(11)12-8/h6,11,16H,2-5,10H2,1H3. The second-order valence-corrected chi connectivity index (χ2v) is 3.96. The van der Waals surface area contributed by atoms with E-state index in [9.17, 15) is 5.21 Å². The van der Waals surface area contributed by atoms with Crippen molar-refractivity contribution in [1.82, 2.24) is 14.6 Å². The summed E-state index contributed by atoms with van der Waals surface area (Å²) in [6.07, 6.45) is 0. The van der Waals surface area contributed by atoms with Crippen LogP contribution in [0.2, 0.25) is 0 Å². The van der Waals surface area contributed by atoms with E-state index in [2.05, 4.69) is 21.8 Å². The molecule has 0 bridgehead atoms. The van der Waals surface area contributed by atoms with E-state index in [1.165, 1.54) is 0 Å². The molecule has 1 aliphatic heterocycles. The van der Waals surface area contributed by atoms with Gasteiger partial charge in [0, 0.05) is 32.2 Å². The predicted molar refractivity (Wildman–Crippen MR) is 59.4 cm³/mol. The summed E-state index contributed by atoms with van der Waals surface area (Å²) in [5.41, 5.74) is 5.33. The van der Waals surface area contributed by atoms with Gasteiger partial charge in [0.2, 0.25) is 0 Å². The lowest BCUT2D eigenvalue weighted by Crippen LogP contribution is -2.45. The predicted octanol–water partition coefficient (Wildman–Crippen LogP) is -1.07. The van der Waals surface area contributed by atoms with E-state index in [0.29, 0.717) is 10.5 Å². The van der Waals surface area contributed by atoms with Crippen molar-refractivity contribution in [3.8, 4) is 0 Å². The molecule has 1 fully saturated rings. The number of nitrogens with zero attached hydrogens (tertiary/aromatic N) is 4. The highest BCUT2D eigenvalue weighted by Crippen LogP contribution is 2.13. The molecule has 0 spiro atoms. The quantitative estimate of drug-likeness (QED) is 0.528. The average Bonchev–Trinajstić information content (AvgIpc) is 2.26. The SMILES string of the molecule is CN1CCN(c2cc(N)n(O)c(=N)n2)CC1. The zero-order valence-electron chi connectivity index (χ0n) is 9.22. The Kier molecular flexibility index (Phi) is 2.69. The Morgan fingerprint density at radius 2 is 2.00 bits per heavy atom. The van der Waals surface area contributed by atoms with Gasteiger partial charge in [0.05, 0.1) is 0 Å². The highest BCUT2D eigenvalue weighted by molar-refractivity contribution is 5.46. The van der Waals surface area contributed by atoms with Gasteiger partial charge in [0.25, 0.3) is 5.62 Å². The Balaban J connectivity index is 2.24. The van der Waals surface area contributed by atoms with Crippen LogP contribution in [0.4, 0.5) is 11.6 Å². The Bertz CT molecular complexity index is 434. The molecule has 0 unspecified atom stereocenters. The smallest absolute Gasteiger partial charge is 0.259 e. The molecular formula is C9H16N6O. The molecule has 1 aromatic heterocycles. The van der Waals surface area contributed by atoms with E-state index in [1.807, 2.05) is 0 Å². The molecule has 7 heteroatoms. The minimum Gasteiger partial charge on any atom is -0.423 e. The molecule has 2 rings (SSSR count). The van der Waals surface area contributed by atoms with Gasteiger partial charge < -0.3 is 20.7 Å². The number of hydrogen-bond acceptors (Lipinski definition) is 6. The van der Waals surface area contributed by atoms with Crippen LogP contribution in [0.25, 0.3) is 0 Å². The zero-order valence-corrected chi connectivity index (χ0v) is 9.22. The van der Waals surface area contributed by atoms with E-state index in [-0.39, 0.29) is 11.4 Å². The summed E-state index contributed by atoms with van der Waals surface area (Å²) in [5, 5.41) is 16.7. The van der Waals surface area contributed by atoms with Gasteiger partial charge in [-0.2, -0.15) is 4.98 Å². The minimum atomic E-state index is -0.242. The third-order valence-corrected chi connectivity index (χ3v) is 2.77. The third-order valence-electron chi connectivity index (χ3n) is 2.77. The Morgan fingerprint density at radius 3 is 2.56 bits per heavy atom. The van der Waals surface area contributed by atoms with Crippen molar-refractivity contribution >= 4 is 11.6 Å². The molecule has 0 radical (unpaired) electrons. The van der Waals surface area contributed by atoms with Crippen LogP contribution in [0.15, 0.2) is 6.07 Å². The molecular weight excluding hydrogens is 208 g/mol. The van der Waals surface area contributed by atoms with Crippen LogP contribution < -0.4 is 16.3 Å². The van der Waals surface area contributed by atoms with Crippen LogP contribution in [-0.2, 0) is 0 Å². The van der Waals surface area contributed by atoms with Gasteiger partial charge >= 0.3 is 0 Å². The van der Waals surface area contributed by atoms with Crippen molar-refractivity contribution in [1.29, 1.82) is 5.41 Å². The molecule has 2 heterocycles. The van der Waals surface area contributed by atoms with E-state index < -0.39 is 0 Å². The first-order chi connectivity index (χ1) is 7.58. The molecule has 0 amide bonds. The van der Waals surface area contributed by atoms with E-state index in [0.717, 1.165) is 26.2 Å². The fourth-order valence-electron chi connectivity index (χ4n) is 1.70. The van der Waals surface area contributed by atoms with Crippen molar-refractivity contribution in [2.24, 2.45) is 0 Å². The summed E-state index contributed by atoms with van der Waals surface area (Å²) >= 11 is 0. The lowest BCUT2D eigenvalue weighted by atomic mass is 10.3. The van der Waals surface area contributed by atoms with Crippen LogP contribution >= 0.6 is 0 Å². The topological polar surface area (TPSA) is 94.4 Å². The van der Waals surface area contributed by atoms with Crippen molar-refractivity contribution in [3.05, 3.63) is 11.7 Å². The van der Waals surface area contributed by atoms with Gasteiger partial charge in [0.1, 0.15) is 11.6 Å². The number of nitrogens with two attached hydrogens (primary N) is 1. The van der Waals surface area contributed by atoms with Gasteiger partial charge in [-0.3, -0.25) is 5.41 Å². The average molecular weight is 224 g/mol. The number of hydrogen-bond donors (Lipinski definition) is 3. The maximum Gasteiger partial charge on any atom is 0.259 e. The fourth-order valence-corrected chi connectivity index (χ4v) is 1.70. The first kappa shape index (κ1) is 10.7. The molecule has 7 nitrogen and oxygen atoms in total. The highest BCUT2D eigenvalue weighted by Gasteiger charge is 2.16. The van der Waals surface area contributed by atoms with Gasteiger partial charge in [-0.15, -0.1) is 4.73 Å². The fraction of sp³-hybridized carbons (Fsp3) is 0.556. The summed E-state index contributed by atoms with van der Waals surface area (Å²) in [4.78, 5) is 8.29. The van der Waals surface area contributed by atoms with Crippen LogP contribution in [-0.4, -0.2) is 53.0 Å². The van der Waals surface area contributed by atoms with Gasteiger partial charge in [-0.05, 0) is 7.05 Å². The molecule has 4 N–H and O–H groups in total. The number of anilines is 2. The second kappa shape index (κ2) is 4.01. The van der Waals surface area contributed by atoms with Gasteiger partial charge in [-0.1, -0.05) is 0 Å². The number of nitrogens with one attached hydrogen (secondary N) is 1. The Hall–Kier alpha value is -1.76. The molecule has 0 aliphatic carbocycles. The first-order valence-electron chi connectivity index (χ1n) is 5.15. The van der Waals surface area contributed by atoms with Crippen molar-refractivity contribution < 1.29 is 5.21 Å². The van der Waals surface area contributed by atoms with Gasteiger partial charge in [-0.25, -0.2) is 0 Å². The molecule has 1 aliphatic rings. The normalized spacial score (nSPS) is 17.7. The number of nitrogen functional groups attached to an aromatic ring is 1. The van der Waals surface area contributed by atoms with E-state index in [4.69, 9.17) is 11.1 Å². The molecule has 0 saturated carbocycles. The number of aromatic nitrogens is 2. The summed E-state index contributed by atoms with van der Waals surface area (Å²) in [6, 6.07) is 1.59. The van der Waals surface area contributed by atoms with Crippen molar-refractivity contribution in [3.63, 3.8) is 0 Å². The molecule has 0 aromatic carbocycles. The lowest BCUT2D eigenvalue weighted by Gasteiger charge is -2.33. The second-order valence-electron chi connectivity index (χ2n) is 3.96. The molecule has 0 atom stereocenters. The number of piperazine rings is 1. The molecule has 88 valence electrons. The maximum atomic E-state index is 9.29. The highest BCUT2D eigenvalue weighted by atomic mass is 16.5. The van der Waals surface area contributed by atoms with Crippen molar-refractivity contribution in [2.75, 3.05) is 43.9 Å². The Morgan fingerprint density at radius 1 is 1.38 bits per heavy atom. The summed E-state index contributed by atoms with van der Waals surface area (Å²) in [6.45, 7) is 3.64. The third kappa shape index (κ3) is 1.94. The van der Waals surface area contributed by atoms with Crippen LogP contribution in [0, 0.1) is 5.41 Å².